The summed E-state index contributed by atoms with van der Waals surface area (Å²) in [4.78, 5) is 11.4. The molecular weight excluding hydrogens is 176 g/mol. The van der Waals surface area contributed by atoms with Crippen molar-refractivity contribution in [2.45, 2.75) is 52.9 Å². The zero-order valence-electron chi connectivity index (χ0n) is 9.55. The minimum atomic E-state index is -0.612. The van der Waals surface area contributed by atoms with E-state index in [9.17, 15) is 9.90 Å². The van der Waals surface area contributed by atoms with Gasteiger partial charge in [-0.2, -0.15) is 0 Å². The third-order valence-corrected chi connectivity index (χ3v) is 4.11. The molecule has 0 radical (unpaired) electrons. The van der Waals surface area contributed by atoms with Crippen LogP contribution in [0.1, 0.15) is 52.9 Å². The van der Waals surface area contributed by atoms with Gasteiger partial charge in [-0.25, -0.2) is 0 Å². The molecule has 0 aromatic rings. The number of rotatable bonds is 3. The van der Waals surface area contributed by atoms with Crippen LogP contribution >= 0.6 is 0 Å². The third kappa shape index (κ3) is 1.94. The molecule has 1 unspecified atom stereocenters. The maximum Gasteiger partial charge on any atom is 0.309 e. The van der Waals surface area contributed by atoms with Crippen LogP contribution in [0.5, 0.6) is 0 Å². The van der Waals surface area contributed by atoms with Crippen molar-refractivity contribution >= 4 is 5.97 Å². The van der Waals surface area contributed by atoms with Crippen LogP contribution in [0.4, 0.5) is 0 Å². The van der Waals surface area contributed by atoms with Crippen molar-refractivity contribution in [2.75, 3.05) is 0 Å². The SMILES string of the molecule is CC(C)C(C)(C(=O)O)C1CCCCC1. The summed E-state index contributed by atoms with van der Waals surface area (Å²) in [6.45, 7) is 5.99. The van der Waals surface area contributed by atoms with Gasteiger partial charge in [0.15, 0.2) is 0 Å². The first kappa shape index (κ1) is 11.5. The molecule has 0 aliphatic heterocycles. The molecule has 2 heteroatoms. The Morgan fingerprint density at radius 2 is 1.79 bits per heavy atom. The van der Waals surface area contributed by atoms with Crippen LogP contribution < -0.4 is 0 Å². The highest BCUT2D eigenvalue weighted by Gasteiger charge is 2.43. The molecule has 1 rings (SSSR count). The van der Waals surface area contributed by atoms with E-state index in [0.717, 1.165) is 12.8 Å². The molecule has 1 saturated carbocycles. The molecule has 0 saturated heterocycles. The lowest BCUT2D eigenvalue weighted by atomic mass is 9.64. The highest BCUT2D eigenvalue weighted by atomic mass is 16.4. The van der Waals surface area contributed by atoms with E-state index in [-0.39, 0.29) is 5.92 Å². The second-order valence-electron chi connectivity index (χ2n) is 5.08. The fourth-order valence-electron chi connectivity index (χ4n) is 2.60. The van der Waals surface area contributed by atoms with E-state index in [1.165, 1.54) is 19.3 Å². The topological polar surface area (TPSA) is 37.3 Å². The van der Waals surface area contributed by atoms with Crippen molar-refractivity contribution in [1.29, 1.82) is 0 Å². The van der Waals surface area contributed by atoms with Crippen molar-refractivity contribution < 1.29 is 9.90 Å². The average Bonchev–Trinajstić information content (AvgIpc) is 2.17. The number of hydrogen-bond donors (Lipinski definition) is 1. The van der Waals surface area contributed by atoms with Gasteiger partial charge in [0.25, 0.3) is 0 Å². The molecule has 1 atom stereocenters. The Morgan fingerprint density at radius 1 is 1.29 bits per heavy atom. The van der Waals surface area contributed by atoms with Crippen molar-refractivity contribution in [2.24, 2.45) is 17.3 Å². The van der Waals surface area contributed by atoms with Crippen molar-refractivity contribution in [3.05, 3.63) is 0 Å². The van der Waals surface area contributed by atoms with Crippen molar-refractivity contribution in [3.63, 3.8) is 0 Å². The average molecular weight is 198 g/mol. The molecule has 1 N–H and O–H groups in total. The molecular formula is C12H22O2. The van der Waals surface area contributed by atoms with Crippen LogP contribution in [0.3, 0.4) is 0 Å². The van der Waals surface area contributed by atoms with Gasteiger partial charge in [0.2, 0.25) is 0 Å². The maximum atomic E-state index is 11.4. The Labute approximate surface area is 86.7 Å². The highest BCUT2D eigenvalue weighted by Crippen LogP contribution is 2.43. The predicted molar refractivity (Wildman–Crippen MR) is 57.2 cm³/mol. The molecule has 1 aliphatic carbocycles. The molecule has 1 fully saturated rings. The second kappa shape index (κ2) is 4.33. The van der Waals surface area contributed by atoms with E-state index in [1.807, 2.05) is 20.8 Å². The maximum absolute atomic E-state index is 11.4. The fourth-order valence-corrected chi connectivity index (χ4v) is 2.60. The lowest BCUT2D eigenvalue weighted by molar-refractivity contribution is -0.156. The van der Waals surface area contributed by atoms with Gasteiger partial charge in [-0.15, -0.1) is 0 Å². The van der Waals surface area contributed by atoms with E-state index in [1.54, 1.807) is 0 Å². The van der Waals surface area contributed by atoms with Gasteiger partial charge < -0.3 is 5.11 Å². The smallest absolute Gasteiger partial charge is 0.309 e. The lowest BCUT2D eigenvalue weighted by Crippen LogP contribution is -2.41. The zero-order valence-corrected chi connectivity index (χ0v) is 9.55. The summed E-state index contributed by atoms with van der Waals surface area (Å²) in [5, 5.41) is 9.36. The Morgan fingerprint density at radius 3 is 2.14 bits per heavy atom. The van der Waals surface area contributed by atoms with Crippen LogP contribution in [0, 0.1) is 17.3 Å². The number of carboxylic acids is 1. The minimum Gasteiger partial charge on any atom is -0.481 e. The van der Waals surface area contributed by atoms with Crippen molar-refractivity contribution in [1.82, 2.24) is 0 Å². The summed E-state index contributed by atoms with van der Waals surface area (Å²) in [7, 11) is 0. The number of hydrogen-bond acceptors (Lipinski definition) is 1. The summed E-state index contributed by atoms with van der Waals surface area (Å²) >= 11 is 0. The second-order valence-corrected chi connectivity index (χ2v) is 5.08. The Hall–Kier alpha value is -0.530. The molecule has 0 amide bonds. The van der Waals surface area contributed by atoms with Gasteiger partial charge in [-0.1, -0.05) is 33.1 Å². The monoisotopic (exact) mass is 198 g/mol. The van der Waals surface area contributed by atoms with Gasteiger partial charge in [0.05, 0.1) is 5.41 Å². The molecule has 0 bridgehead atoms. The first-order valence-electron chi connectivity index (χ1n) is 5.73. The van der Waals surface area contributed by atoms with Crippen LogP contribution in [0.15, 0.2) is 0 Å². The molecule has 1 aliphatic rings. The van der Waals surface area contributed by atoms with E-state index in [2.05, 4.69) is 0 Å². The predicted octanol–water partition coefficient (Wildman–Crippen LogP) is 3.31. The minimum absolute atomic E-state index is 0.225. The number of carbonyl (C=O) groups is 1. The summed E-state index contributed by atoms with van der Waals surface area (Å²) < 4.78 is 0. The van der Waals surface area contributed by atoms with Crippen LogP contribution in [-0.4, -0.2) is 11.1 Å². The van der Waals surface area contributed by atoms with Gasteiger partial charge in [0.1, 0.15) is 0 Å². The van der Waals surface area contributed by atoms with E-state index in [0.29, 0.717) is 5.92 Å². The first-order chi connectivity index (χ1) is 6.49. The zero-order chi connectivity index (χ0) is 10.8. The third-order valence-electron chi connectivity index (χ3n) is 4.11. The fraction of sp³-hybridized carbons (Fsp3) is 0.917. The Balaban J connectivity index is 2.80. The molecule has 14 heavy (non-hydrogen) atoms. The van der Waals surface area contributed by atoms with Crippen molar-refractivity contribution in [3.8, 4) is 0 Å². The highest BCUT2D eigenvalue weighted by molar-refractivity contribution is 5.74. The Kier molecular flexibility index (Phi) is 3.57. The van der Waals surface area contributed by atoms with Gasteiger partial charge in [-0.3, -0.25) is 4.79 Å². The van der Waals surface area contributed by atoms with Gasteiger partial charge in [0, 0.05) is 0 Å². The number of aliphatic carboxylic acids is 1. The quantitative estimate of drug-likeness (QED) is 0.755. The van der Waals surface area contributed by atoms with Crippen LogP contribution in [0.2, 0.25) is 0 Å². The summed E-state index contributed by atoms with van der Waals surface area (Å²) in [5.41, 5.74) is -0.513. The van der Waals surface area contributed by atoms with Crippen LogP contribution in [0.25, 0.3) is 0 Å². The van der Waals surface area contributed by atoms with E-state index >= 15 is 0 Å². The van der Waals surface area contributed by atoms with Gasteiger partial charge in [-0.05, 0) is 31.6 Å². The summed E-state index contributed by atoms with van der Waals surface area (Å²) in [6, 6.07) is 0. The number of carboxylic acid groups (broad SMARTS) is 1. The first-order valence-corrected chi connectivity index (χ1v) is 5.73. The molecule has 2 nitrogen and oxygen atoms in total. The molecule has 0 aromatic carbocycles. The standard InChI is InChI=1S/C12H22O2/c1-9(2)12(3,11(13)14)10-7-5-4-6-8-10/h9-10H,4-8H2,1-3H3,(H,13,14). The molecule has 0 spiro atoms. The van der Waals surface area contributed by atoms with E-state index < -0.39 is 11.4 Å². The van der Waals surface area contributed by atoms with E-state index in [4.69, 9.17) is 0 Å². The summed E-state index contributed by atoms with van der Waals surface area (Å²) in [5.74, 6) is -0.00347. The summed E-state index contributed by atoms with van der Waals surface area (Å²) in [6.07, 6.45) is 5.90. The molecule has 82 valence electrons. The normalized spacial score (nSPS) is 23.4. The molecule has 0 heterocycles. The lowest BCUT2D eigenvalue weighted by Gasteiger charge is -2.39. The Bertz CT molecular complexity index is 204. The molecule has 0 aromatic heterocycles. The largest absolute Gasteiger partial charge is 0.481 e. The van der Waals surface area contributed by atoms with Gasteiger partial charge >= 0.3 is 5.97 Å². The van der Waals surface area contributed by atoms with Crippen LogP contribution in [-0.2, 0) is 4.79 Å².